The summed E-state index contributed by atoms with van der Waals surface area (Å²) >= 11 is 0. The number of fused-ring (bicyclic) bond motifs is 2. The molecule has 0 spiro atoms. The van der Waals surface area contributed by atoms with Gasteiger partial charge in [0.2, 0.25) is 0 Å². The predicted octanol–water partition coefficient (Wildman–Crippen LogP) is 3.89. The van der Waals surface area contributed by atoms with Crippen molar-refractivity contribution >= 4 is 0 Å². The van der Waals surface area contributed by atoms with Gasteiger partial charge in [-0.2, -0.15) is 0 Å². The van der Waals surface area contributed by atoms with Gasteiger partial charge in [-0.3, -0.25) is 4.90 Å². The summed E-state index contributed by atoms with van der Waals surface area (Å²) in [7, 11) is 0. The molecule has 0 radical (unpaired) electrons. The van der Waals surface area contributed by atoms with Crippen LogP contribution in [0.15, 0.2) is 42.0 Å². The molecule has 3 heteroatoms. The molecule has 2 unspecified atom stereocenters. The van der Waals surface area contributed by atoms with E-state index in [1.54, 1.807) is 5.57 Å². The lowest BCUT2D eigenvalue weighted by Gasteiger charge is -2.45. The van der Waals surface area contributed by atoms with Crippen LogP contribution >= 0.6 is 0 Å². The molecule has 3 nitrogen and oxygen atoms in total. The lowest BCUT2D eigenvalue weighted by molar-refractivity contribution is -0.0467. The highest BCUT2D eigenvalue weighted by Gasteiger charge is 2.33. The van der Waals surface area contributed by atoms with Crippen molar-refractivity contribution < 1.29 is 9.47 Å². The van der Waals surface area contributed by atoms with Gasteiger partial charge in [0.05, 0.1) is 13.2 Å². The van der Waals surface area contributed by atoms with E-state index in [-0.39, 0.29) is 6.29 Å². The number of nitrogens with zero attached hydrogens (tertiary/aromatic N) is 1. The Morgan fingerprint density at radius 2 is 1.87 bits per heavy atom. The van der Waals surface area contributed by atoms with Crippen LogP contribution < -0.4 is 0 Å². The fourth-order valence-electron chi connectivity index (χ4n) is 4.31. The molecule has 3 heterocycles. The third-order valence-corrected chi connectivity index (χ3v) is 5.46. The number of ether oxygens (including phenoxy) is 2. The molecule has 4 rings (SSSR count). The molecule has 0 aliphatic carbocycles. The summed E-state index contributed by atoms with van der Waals surface area (Å²) in [5.74, 6) is 0. The second-order valence-corrected chi connectivity index (χ2v) is 7.05. The quantitative estimate of drug-likeness (QED) is 0.770. The highest BCUT2D eigenvalue weighted by atomic mass is 16.7. The second-order valence-electron chi connectivity index (χ2n) is 7.05. The van der Waals surface area contributed by atoms with Crippen LogP contribution in [0.5, 0.6) is 0 Å². The topological polar surface area (TPSA) is 21.7 Å². The van der Waals surface area contributed by atoms with Crippen molar-refractivity contribution in [3.05, 3.63) is 47.5 Å². The highest BCUT2D eigenvalue weighted by Crippen LogP contribution is 2.36. The maximum absolute atomic E-state index is 5.58. The first-order valence-corrected chi connectivity index (χ1v) is 9.11. The molecule has 2 bridgehead atoms. The molecule has 0 saturated carbocycles. The molecular formula is C20H27NO2. The summed E-state index contributed by atoms with van der Waals surface area (Å²) in [6.45, 7) is 2.62. The van der Waals surface area contributed by atoms with E-state index in [1.165, 1.54) is 31.2 Å². The van der Waals surface area contributed by atoms with Crippen molar-refractivity contribution in [2.45, 2.75) is 63.4 Å². The van der Waals surface area contributed by atoms with Gasteiger partial charge in [0, 0.05) is 25.0 Å². The van der Waals surface area contributed by atoms with Crippen LogP contribution in [0, 0.1) is 0 Å². The molecule has 3 aliphatic rings. The lowest BCUT2D eigenvalue weighted by Crippen LogP contribution is -2.48. The van der Waals surface area contributed by atoms with Crippen molar-refractivity contribution in [2.24, 2.45) is 0 Å². The smallest absolute Gasteiger partial charge is 0.158 e. The standard InChI is InChI=1S/C20H27NO2/c1-2-5-16(6-3-1)15-21-18-7-4-8-19(21)14-17(13-18)9-10-20-22-11-12-23-20/h1-3,5-6,13,18-20H,4,7-12,14-15H2. The van der Waals surface area contributed by atoms with Crippen molar-refractivity contribution in [1.29, 1.82) is 0 Å². The summed E-state index contributed by atoms with van der Waals surface area (Å²) in [5.41, 5.74) is 3.07. The van der Waals surface area contributed by atoms with Crippen LogP contribution in [0.25, 0.3) is 0 Å². The Labute approximate surface area is 139 Å². The molecule has 3 aliphatic heterocycles. The van der Waals surface area contributed by atoms with Crippen molar-refractivity contribution in [2.75, 3.05) is 13.2 Å². The number of piperidine rings is 1. The van der Waals surface area contributed by atoms with Crippen molar-refractivity contribution in [3.63, 3.8) is 0 Å². The van der Waals surface area contributed by atoms with E-state index < -0.39 is 0 Å². The van der Waals surface area contributed by atoms with E-state index in [2.05, 4.69) is 41.3 Å². The third-order valence-electron chi connectivity index (χ3n) is 5.46. The molecule has 0 amide bonds. The Balaban J connectivity index is 1.40. The minimum absolute atomic E-state index is 0.0399. The summed E-state index contributed by atoms with van der Waals surface area (Å²) in [4.78, 5) is 2.73. The van der Waals surface area contributed by atoms with Gasteiger partial charge in [-0.05, 0) is 31.2 Å². The van der Waals surface area contributed by atoms with Crippen LogP contribution in [-0.2, 0) is 16.0 Å². The third kappa shape index (κ3) is 3.68. The van der Waals surface area contributed by atoms with Crippen LogP contribution in [0.3, 0.4) is 0 Å². The van der Waals surface area contributed by atoms with E-state index in [0.717, 1.165) is 38.6 Å². The van der Waals surface area contributed by atoms with Gasteiger partial charge in [0.15, 0.2) is 6.29 Å². The first kappa shape index (κ1) is 15.4. The average Bonchev–Trinajstić information content (AvgIpc) is 3.08. The largest absolute Gasteiger partial charge is 0.350 e. The minimum atomic E-state index is 0.0399. The van der Waals surface area contributed by atoms with Gasteiger partial charge in [-0.15, -0.1) is 0 Å². The Hall–Kier alpha value is -1.16. The summed E-state index contributed by atoms with van der Waals surface area (Å²) < 4.78 is 11.2. The molecule has 1 aromatic rings. The molecule has 0 aromatic heterocycles. The fourth-order valence-corrected chi connectivity index (χ4v) is 4.31. The summed E-state index contributed by atoms with van der Waals surface area (Å²) in [6.07, 6.45) is 10.0. The SMILES string of the molecule is C1=C(CCC2OCCO2)CC2CCCC1N2Cc1ccccc1. The van der Waals surface area contributed by atoms with Crippen molar-refractivity contribution in [3.8, 4) is 0 Å². The minimum Gasteiger partial charge on any atom is -0.350 e. The molecule has 2 atom stereocenters. The predicted molar refractivity (Wildman–Crippen MR) is 91.0 cm³/mol. The Bertz CT molecular complexity index is 536. The monoisotopic (exact) mass is 313 g/mol. The van der Waals surface area contributed by atoms with E-state index in [9.17, 15) is 0 Å². The van der Waals surface area contributed by atoms with Gasteiger partial charge in [-0.1, -0.05) is 48.4 Å². The normalized spacial score (nSPS) is 28.8. The molecule has 2 saturated heterocycles. The Morgan fingerprint density at radius 1 is 1.04 bits per heavy atom. The van der Waals surface area contributed by atoms with Crippen LogP contribution in [0.2, 0.25) is 0 Å². The van der Waals surface area contributed by atoms with Gasteiger partial charge in [0.1, 0.15) is 0 Å². The van der Waals surface area contributed by atoms with Gasteiger partial charge in [-0.25, -0.2) is 0 Å². The van der Waals surface area contributed by atoms with Crippen LogP contribution in [0.4, 0.5) is 0 Å². The van der Waals surface area contributed by atoms with E-state index in [1.807, 2.05) is 0 Å². The number of hydrogen-bond acceptors (Lipinski definition) is 3. The molecule has 124 valence electrons. The highest BCUT2D eigenvalue weighted by molar-refractivity contribution is 5.20. The first-order chi connectivity index (χ1) is 11.4. The molecule has 2 fully saturated rings. The number of hydrogen-bond donors (Lipinski definition) is 0. The summed E-state index contributed by atoms with van der Waals surface area (Å²) in [5, 5.41) is 0. The maximum atomic E-state index is 5.58. The number of benzene rings is 1. The zero-order valence-corrected chi connectivity index (χ0v) is 13.8. The average molecular weight is 313 g/mol. The van der Waals surface area contributed by atoms with E-state index in [0.29, 0.717) is 6.04 Å². The maximum Gasteiger partial charge on any atom is 0.158 e. The van der Waals surface area contributed by atoms with Gasteiger partial charge in [0.25, 0.3) is 0 Å². The zero-order valence-electron chi connectivity index (χ0n) is 13.8. The zero-order chi connectivity index (χ0) is 15.5. The molecule has 0 N–H and O–H groups in total. The van der Waals surface area contributed by atoms with E-state index >= 15 is 0 Å². The molecule has 1 aromatic carbocycles. The Morgan fingerprint density at radius 3 is 2.65 bits per heavy atom. The lowest BCUT2D eigenvalue weighted by atomic mass is 9.83. The van der Waals surface area contributed by atoms with Gasteiger partial charge < -0.3 is 9.47 Å². The number of rotatable bonds is 5. The van der Waals surface area contributed by atoms with Crippen LogP contribution in [0.1, 0.15) is 44.1 Å². The molecule has 23 heavy (non-hydrogen) atoms. The van der Waals surface area contributed by atoms with Gasteiger partial charge >= 0.3 is 0 Å². The van der Waals surface area contributed by atoms with E-state index in [4.69, 9.17) is 9.47 Å². The van der Waals surface area contributed by atoms with Crippen LogP contribution in [-0.4, -0.2) is 36.5 Å². The fraction of sp³-hybridized carbons (Fsp3) is 0.600. The molecular weight excluding hydrogens is 286 g/mol. The second kappa shape index (κ2) is 7.16. The first-order valence-electron chi connectivity index (χ1n) is 9.11. The Kier molecular flexibility index (Phi) is 4.79. The summed E-state index contributed by atoms with van der Waals surface area (Å²) in [6, 6.07) is 12.3. The van der Waals surface area contributed by atoms with Crippen molar-refractivity contribution in [1.82, 2.24) is 4.90 Å².